The van der Waals surface area contributed by atoms with Crippen LogP contribution in [0.15, 0.2) is 24.3 Å². The van der Waals surface area contributed by atoms with Gasteiger partial charge in [-0.05, 0) is 30.7 Å². The van der Waals surface area contributed by atoms with Crippen LogP contribution in [-0.2, 0) is 14.3 Å². The molecule has 0 atom stereocenters. The van der Waals surface area contributed by atoms with Gasteiger partial charge in [-0.1, -0.05) is 12.1 Å². The number of hydrogen-bond acceptors (Lipinski definition) is 5. The molecule has 0 unspecified atom stereocenters. The van der Waals surface area contributed by atoms with Gasteiger partial charge in [-0.2, -0.15) is 0 Å². The van der Waals surface area contributed by atoms with Crippen molar-refractivity contribution in [2.75, 3.05) is 6.61 Å². The van der Waals surface area contributed by atoms with E-state index >= 15 is 0 Å². The maximum atomic E-state index is 11.5. The first-order valence-corrected chi connectivity index (χ1v) is 5.11. The van der Waals surface area contributed by atoms with Crippen molar-refractivity contribution in [3.63, 3.8) is 0 Å². The minimum absolute atomic E-state index is 0.0561. The lowest BCUT2D eigenvalue weighted by atomic mass is 10.2. The number of carbonyl (C=O) groups excluding carboxylic acids is 3. The molecule has 0 aromatic heterocycles. The maximum absolute atomic E-state index is 11.5. The summed E-state index contributed by atoms with van der Waals surface area (Å²) in [4.78, 5) is 33.0. The zero-order valence-corrected chi connectivity index (χ0v) is 9.69. The molecule has 0 aliphatic heterocycles. The second kappa shape index (κ2) is 6.00. The normalized spacial score (nSPS) is 9.53. The summed E-state index contributed by atoms with van der Waals surface area (Å²) in [6, 6.07) is 5.90. The van der Waals surface area contributed by atoms with Crippen LogP contribution in [0.3, 0.4) is 0 Å². The van der Waals surface area contributed by atoms with Crippen LogP contribution in [0.4, 0.5) is 0 Å². The Labute approximate surface area is 102 Å². The van der Waals surface area contributed by atoms with E-state index in [9.17, 15) is 14.4 Å². The van der Waals surface area contributed by atoms with E-state index < -0.39 is 17.2 Å². The molecule has 0 aliphatic carbocycles. The van der Waals surface area contributed by atoms with Gasteiger partial charge < -0.3 is 9.47 Å². The molecule has 1 aromatic carbocycles. The van der Waals surface area contributed by atoms with Gasteiger partial charge in [0, 0.05) is 0 Å². The van der Waals surface area contributed by atoms with Crippen molar-refractivity contribution in [1.82, 2.24) is 0 Å². The van der Waals surface area contributed by atoms with Crippen molar-refractivity contribution in [2.45, 2.75) is 6.92 Å². The van der Waals surface area contributed by atoms with Gasteiger partial charge >= 0.3 is 17.2 Å². The number of para-hydroxylation sites is 1. The second-order valence-electron chi connectivity index (χ2n) is 2.88. The molecule has 0 bridgehead atoms. The lowest BCUT2D eigenvalue weighted by Gasteiger charge is -2.07. The molecular weight excluding hydrogens is 248 g/mol. The Hall–Kier alpha value is -1.88. The highest BCUT2D eigenvalue weighted by atomic mass is 35.5. The van der Waals surface area contributed by atoms with Gasteiger partial charge in [0.25, 0.3) is 0 Å². The molecule has 5 nitrogen and oxygen atoms in total. The first-order valence-electron chi connectivity index (χ1n) is 4.74. The number of ether oxygens (including phenoxy) is 2. The van der Waals surface area contributed by atoms with Gasteiger partial charge in [0.05, 0.1) is 6.61 Å². The van der Waals surface area contributed by atoms with Crippen LogP contribution in [0.1, 0.15) is 17.3 Å². The van der Waals surface area contributed by atoms with Crippen LogP contribution in [0.25, 0.3) is 0 Å². The summed E-state index contributed by atoms with van der Waals surface area (Å²) >= 11 is 4.94. The minimum Gasteiger partial charge on any atom is -0.462 e. The van der Waals surface area contributed by atoms with Crippen LogP contribution in [0.5, 0.6) is 5.75 Å². The number of hydrogen-bond donors (Lipinski definition) is 0. The van der Waals surface area contributed by atoms with E-state index in [1.807, 2.05) is 0 Å². The highest BCUT2D eigenvalue weighted by Crippen LogP contribution is 2.19. The third kappa shape index (κ3) is 3.57. The lowest BCUT2D eigenvalue weighted by Crippen LogP contribution is -2.17. The van der Waals surface area contributed by atoms with E-state index in [2.05, 4.69) is 4.74 Å². The molecule has 0 heterocycles. The second-order valence-corrected chi connectivity index (χ2v) is 3.22. The first-order chi connectivity index (χ1) is 8.06. The fourth-order valence-corrected chi connectivity index (χ4v) is 1.11. The zero-order chi connectivity index (χ0) is 12.8. The lowest BCUT2D eigenvalue weighted by molar-refractivity contribution is -0.143. The van der Waals surface area contributed by atoms with E-state index in [1.165, 1.54) is 12.1 Å². The van der Waals surface area contributed by atoms with Crippen molar-refractivity contribution in [3.05, 3.63) is 29.8 Å². The molecule has 0 radical (unpaired) electrons. The molecule has 1 rings (SSSR count). The van der Waals surface area contributed by atoms with E-state index in [0.29, 0.717) is 0 Å². The SMILES string of the molecule is CCOC(=O)c1ccccc1OC(=O)C(=O)Cl. The summed E-state index contributed by atoms with van der Waals surface area (Å²) < 4.78 is 9.42. The predicted molar refractivity (Wildman–Crippen MR) is 58.9 cm³/mol. The summed E-state index contributed by atoms with van der Waals surface area (Å²) in [6.45, 7) is 1.84. The summed E-state index contributed by atoms with van der Waals surface area (Å²) in [5.74, 6) is -1.95. The maximum Gasteiger partial charge on any atom is 0.396 e. The average Bonchev–Trinajstić information content (AvgIpc) is 2.29. The quantitative estimate of drug-likeness (QED) is 0.354. The van der Waals surface area contributed by atoms with Crippen molar-refractivity contribution in [3.8, 4) is 5.75 Å². The van der Waals surface area contributed by atoms with Crippen molar-refractivity contribution in [1.29, 1.82) is 0 Å². The molecule has 1 aromatic rings. The number of benzene rings is 1. The van der Waals surface area contributed by atoms with E-state index in [0.717, 1.165) is 0 Å². The van der Waals surface area contributed by atoms with Crippen molar-refractivity contribution in [2.24, 2.45) is 0 Å². The Morgan fingerprint density at radius 2 is 1.88 bits per heavy atom. The van der Waals surface area contributed by atoms with Crippen molar-refractivity contribution < 1.29 is 23.9 Å². The molecule has 6 heteroatoms. The van der Waals surface area contributed by atoms with Gasteiger partial charge in [-0.3, -0.25) is 4.79 Å². The molecule has 0 aliphatic rings. The summed E-state index contributed by atoms with van der Waals surface area (Å²) in [6.07, 6.45) is 0. The van der Waals surface area contributed by atoms with E-state index in [4.69, 9.17) is 16.3 Å². The Bertz CT molecular complexity index is 455. The van der Waals surface area contributed by atoms with Gasteiger partial charge in [0.1, 0.15) is 11.3 Å². The number of carbonyl (C=O) groups is 3. The van der Waals surface area contributed by atoms with Crippen LogP contribution >= 0.6 is 11.6 Å². The molecule has 0 saturated carbocycles. The van der Waals surface area contributed by atoms with Gasteiger partial charge in [0.2, 0.25) is 0 Å². The van der Waals surface area contributed by atoms with E-state index in [1.54, 1.807) is 19.1 Å². The number of halogens is 1. The molecule has 0 amide bonds. The first kappa shape index (κ1) is 13.2. The minimum atomic E-state index is -1.26. The van der Waals surface area contributed by atoms with E-state index in [-0.39, 0.29) is 17.9 Å². The predicted octanol–water partition coefficient (Wildman–Crippen LogP) is 1.53. The van der Waals surface area contributed by atoms with Gasteiger partial charge in [-0.25, -0.2) is 9.59 Å². The largest absolute Gasteiger partial charge is 0.462 e. The molecular formula is C11H9ClO5. The Morgan fingerprint density at radius 1 is 1.24 bits per heavy atom. The number of rotatable bonds is 4. The highest BCUT2D eigenvalue weighted by Gasteiger charge is 2.18. The van der Waals surface area contributed by atoms with Crippen molar-refractivity contribution >= 4 is 28.8 Å². The molecule has 17 heavy (non-hydrogen) atoms. The third-order valence-electron chi connectivity index (χ3n) is 1.75. The monoisotopic (exact) mass is 256 g/mol. The standard InChI is InChI=1S/C11H9ClO5/c1-2-16-10(14)7-5-3-4-6-8(7)17-11(15)9(12)13/h3-6H,2H2,1H3. The summed E-state index contributed by atoms with van der Waals surface area (Å²) in [5, 5.41) is -1.26. The summed E-state index contributed by atoms with van der Waals surface area (Å²) in [7, 11) is 0. The van der Waals surface area contributed by atoms with Crippen LogP contribution < -0.4 is 4.74 Å². The molecule has 0 N–H and O–H groups in total. The molecule has 0 fully saturated rings. The topological polar surface area (TPSA) is 69.7 Å². The fraction of sp³-hybridized carbons (Fsp3) is 0.182. The Morgan fingerprint density at radius 3 is 2.47 bits per heavy atom. The highest BCUT2D eigenvalue weighted by molar-refractivity contribution is 6.80. The van der Waals surface area contributed by atoms with Gasteiger partial charge in [-0.15, -0.1) is 0 Å². The fourth-order valence-electron chi connectivity index (χ4n) is 1.07. The molecule has 90 valence electrons. The Balaban J connectivity index is 2.96. The third-order valence-corrected chi connectivity index (χ3v) is 1.90. The van der Waals surface area contributed by atoms with Gasteiger partial charge in [0.15, 0.2) is 0 Å². The smallest absolute Gasteiger partial charge is 0.396 e. The Kier molecular flexibility index (Phi) is 4.66. The number of esters is 2. The average molecular weight is 257 g/mol. The molecule has 0 spiro atoms. The summed E-state index contributed by atoms with van der Waals surface area (Å²) in [5.41, 5.74) is 0.0561. The zero-order valence-electron chi connectivity index (χ0n) is 8.94. The molecule has 0 saturated heterocycles. The van der Waals surface area contributed by atoms with Crippen LogP contribution in [0, 0.1) is 0 Å². The van der Waals surface area contributed by atoms with Crippen LogP contribution in [0.2, 0.25) is 0 Å². The van der Waals surface area contributed by atoms with Crippen LogP contribution in [-0.4, -0.2) is 23.8 Å².